The summed E-state index contributed by atoms with van der Waals surface area (Å²) in [6.07, 6.45) is 5.00. The molecule has 1 N–H and O–H groups in total. The van der Waals surface area contributed by atoms with E-state index in [4.69, 9.17) is 18.6 Å². The number of nitrogens with zero attached hydrogens (tertiary/aromatic N) is 1. The van der Waals surface area contributed by atoms with Crippen molar-refractivity contribution in [3.63, 3.8) is 0 Å². The number of hydrogen-bond donors (Lipinski definition) is 1. The number of hydrogen-bond acceptors (Lipinski definition) is 6. The molecule has 0 atom stereocenters. The summed E-state index contributed by atoms with van der Waals surface area (Å²) in [5.74, 6) is 2.20. The van der Waals surface area contributed by atoms with Gasteiger partial charge in [-0.15, -0.1) is 0 Å². The third-order valence-corrected chi connectivity index (χ3v) is 5.96. The van der Waals surface area contributed by atoms with Gasteiger partial charge in [-0.25, -0.2) is 4.98 Å². The predicted octanol–water partition coefficient (Wildman–Crippen LogP) is 6.57. The Morgan fingerprint density at radius 3 is 2.53 bits per heavy atom. The van der Waals surface area contributed by atoms with Gasteiger partial charge >= 0.3 is 0 Å². The number of fused-ring (bicyclic) bond motifs is 1. The topological polar surface area (TPSA) is 82.8 Å². The van der Waals surface area contributed by atoms with Crippen LogP contribution in [0.4, 0.5) is 5.82 Å². The first-order chi connectivity index (χ1) is 17.4. The van der Waals surface area contributed by atoms with E-state index in [-0.39, 0.29) is 5.91 Å². The Kier molecular flexibility index (Phi) is 7.29. The summed E-state index contributed by atoms with van der Waals surface area (Å²) in [6, 6.07) is 11.4. The number of rotatable bonds is 8. The second kappa shape index (κ2) is 10.6. The summed E-state index contributed by atoms with van der Waals surface area (Å²) in [5, 5.41) is 3.73. The van der Waals surface area contributed by atoms with Crippen molar-refractivity contribution in [3.05, 3.63) is 71.6 Å². The molecule has 0 spiro atoms. The molecule has 1 amide bonds. The van der Waals surface area contributed by atoms with Crippen LogP contribution in [0.2, 0.25) is 0 Å². The number of methoxy groups -OCH3 is 2. The minimum atomic E-state index is -0.267. The van der Waals surface area contributed by atoms with Crippen LogP contribution in [0.5, 0.6) is 17.2 Å². The van der Waals surface area contributed by atoms with E-state index in [0.29, 0.717) is 29.7 Å². The van der Waals surface area contributed by atoms with Crippen molar-refractivity contribution in [1.82, 2.24) is 4.98 Å². The molecule has 7 nitrogen and oxygen atoms in total. The highest BCUT2D eigenvalue weighted by Gasteiger charge is 2.20. The lowest BCUT2D eigenvalue weighted by atomic mass is 9.96. The van der Waals surface area contributed by atoms with Crippen molar-refractivity contribution in [1.29, 1.82) is 0 Å². The first-order valence-corrected chi connectivity index (χ1v) is 11.7. The third-order valence-electron chi connectivity index (χ3n) is 5.96. The van der Waals surface area contributed by atoms with Gasteiger partial charge in [0.05, 0.1) is 27.1 Å². The van der Waals surface area contributed by atoms with Gasteiger partial charge in [0.25, 0.3) is 0 Å². The quantitative estimate of drug-likeness (QED) is 0.284. The SMILES string of the molecule is CCOc1c(/C(C)=C/C(=O)Nc2ccc(C)cn2)cc2c(-c3ccc(OC)c(OC)c3)coc2c1C. The molecule has 2 heterocycles. The fourth-order valence-electron chi connectivity index (χ4n) is 4.14. The van der Waals surface area contributed by atoms with Crippen molar-refractivity contribution in [2.75, 3.05) is 26.1 Å². The third kappa shape index (κ3) is 4.91. The van der Waals surface area contributed by atoms with Crippen LogP contribution in [-0.2, 0) is 4.79 Å². The number of aromatic nitrogens is 1. The first kappa shape index (κ1) is 24.9. The lowest BCUT2D eigenvalue weighted by Gasteiger charge is -2.15. The minimum absolute atomic E-state index is 0.267. The average Bonchev–Trinajstić information content (AvgIpc) is 3.30. The largest absolute Gasteiger partial charge is 0.493 e. The summed E-state index contributed by atoms with van der Waals surface area (Å²) in [7, 11) is 3.22. The molecule has 36 heavy (non-hydrogen) atoms. The number of anilines is 1. The van der Waals surface area contributed by atoms with Gasteiger partial charge in [-0.3, -0.25) is 4.79 Å². The Balaban J connectivity index is 1.79. The van der Waals surface area contributed by atoms with Crippen LogP contribution in [0.1, 0.15) is 30.5 Å². The zero-order valence-electron chi connectivity index (χ0n) is 21.4. The number of allylic oxidation sites excluding steroid dienone is 1. The molecule has 0 bridgehead atoms. The highest BCUT2D eigenvalue weighted by atomic mass is 16.5. The van der Waals surface area contributed by atoms with Crippen molar-refractivity contribution in [3.8, 4) is 28.4 Å². The van der Waals surface area contributed by atoms with E-state index < -0.39 is 0 Å². The molecular formula is C29H30N2O5. The van der Waals surface area contributed by atoms with Crippen LogP contribution in [0, 0.1) is 13.8 Å². The molecular weight excluding hydrogens is 456 g/mol. The van der Waals surface area contributed by atoms with Gasteiger partial charge in [0.15, 0.2) is 11.5 Å². The van der Waals surface area contributed by atoms with Crippen LogP contribution in [0.15, 0.2) is 59.4 Å². The van der Waals surface area contributed by atoms with Crippen LogP contribution in [-0.4, -0.2) is 31.7 Å². The highest BCUT2D eigenvalue weighted by Crippen LogP contribution is 2.42. The van der Waals surface area contributed by atoms with E-state index >= 15 is 0 Å². The average molecular weight is 487 g/mol. The molecule has 4 aromatic rings. The molecule has 2 aromatic carbocycles. The molecule has 4 rings (SSSR count). The molecule has 0 aliphatic rings. The molecule has 2 aromatic heterocycles. The number of pyridine rings is 1. The van der Waals surface area contributed by atoms with Crippen LogP contribution in [0.25, 0.3) is 27.7 Å². The minimum Gasteiger partial charge on any atom is -0.493 e. The Morgan fingerprint density at radius 1 is 1.08 bits per heavy atom. The maximum atomic E-state index is 12.8. The predicted molar refractivity (Wildman–Crippen MR) is 142 cm³/mol. The first-order valence-electron chi connectivity index (χ1n) is 11.7. The number of furan rings is 1. The van der Waals surface area contributed by atoms with Gasteiger partial charge in [-0.05, 0) is 68.7 Å². The van der Waals surface area contributed by atoms with E-state index in [1.807, 2.05) is 58.0 Å². The number of aryl methyl sites for hydroxylation is 2. The van der Waals surface area contributed by atoms with Gasteiger partial charge in [0.1, 0.15) is 17.2 Å². The van der Waals surface area contributed by atoms with Crippen molar-refractivity contribution in [2.24, 2.45) is 0 Å². The van der Waals surface area contributed by atoms with Crippen molar-refractivity contribution in [2.45, 2.75) is 27.7 Å². The number of carbonyl (C=O) groups excluding carboxylic acids is 1. The van der Waals surface area contributed by atoms with Crippen molar-refractivity contribution >= 4 is 28.3 Å². The molecule has 0 saturated carbocycles. The van der Waals surface area contributed by atoms with E-state index in [0.717, 1.165) is 44.4 Å². The van der Waals surface area contributed by atoms with Crippen molar-refractivity contribution < 1.29 is 23.4 Å². The standard InChI is InChI=1S/C29H30N2O5/c1-7-35-28-19(4)29-22(23(16-36-29)20-9-10-24(33-5)25(13-20)34-6)14-21(28)18(3)12-27(32)31-26-11-8-17(2)15-30-26/h8-16H,7H2,1-6H3,(H,30,31,32)/b18-12+. The van der Waals surface area contributed by atoms with Gasteiger partial charge in [-0.1, -0.05) is 12.1 Å². The van der Waals surface area contributed by atoms with Gasteiger partial charge < -0.3 is 23.9 Å². The lowest BCUT2D eigenvalue weighted by molar-refractivity contribution is -0.111. The zero-order valence-corrected chi connectivity index (χ0v) is 21.4. The fraction of sp³-hybridized carbons (Fsp3) is 0.241. The molecule has 0 aliphatic heterocycles. The number of benzene rings is 2. The molecule has 0 aliphatic carbocycles. The van der Waals surface area contributed by atoms with Gasteiger partial charge in [-0.2, -0.15) is 0 Å². The maximum Gasteiger partial charge on any atom is 0.249 e. The Morgan fingerprint density at radius 2 is 1.86 bits per heavy atom. The molecule has 7 heteroatoms. The Hall–Kier alpha value is -4.26. The summed E-state index contributed by atoms with van der Waals surface area (Å²) >= 11 is 0. The highest BCUT2D eigenvalue weighted by molar-refractivity contribution is 6.05. The van der Waals surface area contributed by atoms with Crippen LogP contribution < -0.4 is 19.5 Å². The number of amides is 1. The normalized spacial score (nSPS) is 11.4. The van der Waals surface area contributed by atoms with Crippen LogP contribution >= 0.6 is 0 Å². The monoisotopic (exact) mass is 486 g/mol. The molecule has 0 radical (unpaired) electrons. The Labute approximate surface area is 210 Å². The smallest absolute Gasteiger partial charge is 0.249 e. The van der Waals surface area contributed by atoms with E-state index in [1.54, 1.807) is 38.8 Å². The van der Waals surface area contributed by atoms with Crippen LogP contribution in [0.3, 0.4) is 0 Å². The maximum absolute atomic E-state index is 12.8. The summed E-state index contributed by atoms with van der Waals surface area (Å²) < 4.78 is 22.9. The molecule has 0 unspecified atom stereocenters. The van der Waals surface area contributed by atoms with E-state index in [2.05, 4.69) is 10.3 Å². The zero-order chi connectivity index (χ0) is 25.8. The number of carbonyl (C=O) groups is 1. The van der Waals surface area contributed by atoms with Gasteiger partial charge in [0, 0.05) is 34.3 Å². The number of ether oxygens (including phenoxy) is 3. The molecule has 0 fully saturated rings. The Bertz CT molecular complexity index is 1430. The summed E-state index contributed by atoms with van der Waals surface area (Å²) in [6.45, 7) is 8.21. The van der Waals surface area contributed by atoms with E-state index in [1.165, 1.54) is 0 Å². The van der Waals surface area contributed by atoms with E-state index in [9.17, 15) is 4.79 Å². The fourth-order valence-corrected chi connectivity index (χ4v) is 4.14. The molecule has 0 saturated heterocycles. The number of nitrogens with one attached hydrogen (secondary N) is 1. The second-order valence-electron chi connectivity index (χ2n) is 8.44. The van der Waals surface area contributed by atoms with Gasteiger partial charge in [0.2, 0.25) is 5.91 Å². The molecule has 186 valence electrons. The summed E-state index contributed by atoms with van der Waals surface area (Å²) in [5.41, 5.74) is 6.02. The lowest BCUT2D eigenvalue weighted by Crippen LogP contribution is -2.10. The second-order valence-corrected chi connectivity index (χ2v) is 8.44. The summed E-state index contributed by atoms with van der Waals surface area (Å²) in [4.78, 5) is 17.0.